The zero-order valence-electron chi connectivity index (χ0n) is 17.6. The largest absolute Gasteiger partial charge is 0.466 e. The molecule has 0 radical (unpaired) electrons. The Bertz CT molecular complexity index is 1010. The first kappa shape index (κ1) is 22.3. The van der Waals surface area contributed by atoms with Crippen LogP contribution in [0.2, 0.25) is 0 Å². The van der Waals surface area contributed by atoms with Crippen LogP contribution in [0.1, 0.15) is 38.9 Å². The Kier molecular flexibility index (Phi) is 6.53. The van der Waals surface area contributed by atoms with E-state index in [-0.39, 0.29) is 29.3 Å². The average Bonchev–Trinajstić information content (AvgIpc) is 3.30. The topological polar surface area (TPSA) is 85.6 Å². The second-order valence-electron chi connectivity index (χ2n) is 8.03. The van der Waals surface area contributed by atoms with Crippen LogP contribution in [0, 0.1) is 23.7 Å². The monoisotopic (exact) mass is 431 g/mol. The van der Waals surface area contributed by atoms with Crippen LogP contribution in [-0.2, 0) is 19.6 Å². The number of hydrogen-bond acceptors (Lipinski definition) is 5. The van der Waals surface area contributed by atoms with E-state index < -0.39 is 28.0 Å². The van der Waals surface area contributed by atoms with Crippen molar-refractivity contribution in [2.24, 2.45) is 23.7 Å². The summed E-state index contributed by atoms with van der Waals surface area (Å²) in [5, 5.41) is 11.2. The number of benzene rings is 1. The Labute approximate surface area is 178 Å². The van der Waals surface area contributed by atoms with Crippen LogP contribution in [-0.4, -0.2) is 30.1 Å². The minimum atomic E-state index is -3.79. The smallest absolute Gasteiger partial charge is 0.312 e. The van der Waals surface area contributed by atoms with Gasteiger partial charge < -0.3 is 9.84 Å². The highest BCUT2D eigenvalue weighted by Gasteiger charge is 2.45. The van der Waals surface area contributed by atoms with Crippen LogP contribution in [0.25, 0.3) is 0 Å². The van der Waals surface area contributed by atoms with Gasteiger partial charge in [0.1, 0.15) is 0 Å². The summed E-state index contributed by atoms with van der Waals surface area (Å²) in [5.41, 5.74) is 1.28. The van der Waals surface area contributed by atoms with Crippen molar-refractivity contribution in [3.63, 3.8) is 0 Å². The molecule has 1 aliphatic rings. The molecule has 3 unspecified atom stereocenters. The fourth-order valence-electron chi connectivity index (χ4n) is 4.48. The summed E-state index contributed by atoms with van der Waals surface area (Å²) in [6.07, 6.45) is 2.44. The van der Waals surface area contributed by atoms with Crippen molar-refractivity contribution in [3.8, 4) is 0 Å². The van der Waals surface area contributed by atoms with Crippen LogP contribution in [0.3, 0.4) is 0 Å². The lowest BCUT2D eigenvalue weighted by atomic mass is 9.77. The van der Waals surface area contributed by atoms with Gasteiger partial charge in [-0.25, -0.2) is 12.4 Å². The Morgan fingerprint density at radius 2 is 1.93 bits per heavy atom. The highest BCUT2D eigenvalue weighted by Crippen LogP contribution is 2.47. The quantitative estimate of drug-likeness (QED) is 0.533. The summed E-state index contributed by atoms with van der Waals surface area (Å²) in [7, 11) is -3.79. The lowest BCUT2D eigenvalue weighted by Gasteiger charge is -2.30. The van der Waals surface area contributed by atoms with Gasteiger partial charge in [-0.1, -0.05) is 44.2 Å². The van der Waals surface area contributed by atoms with Crippen LogP contribution >= 0.6 is 0 Å². The van der Waals surface area contributed by atoms with E-state index in [1.165, 1.54) is 30.6 Å². The lowest BCUT2D eigenvalue weighted by Crippen LogP contribution is -2.33. The Morgan fingerprint density at radius 1 is 1.27 bits per heavy atom. The standard InChI is InChI=1S/C23H29NO5S/c1-5-29-23(26)21(20-16(3)13-15(2)17(20)4)22(25)18-11-12-24(14-18)30(27,28)19-9-7-6-8-10-19/h6-12,14-16,20-22,25H,4-5,13H2,1-3H3/t15-,16+,20?,21?,22?/m0/s1. The molecule has 0 aliphatic heterocycles. The van der Waals surface area contributed by atoms with Crippen molar-refractivity contribution in [1.82, 2.24) is 3.97 Å². The van der Waals surface area contributed by atoms with E-state index in [9.17, 15) is 18.3 Å². The molecular weight excluding hydrogens is 402 g/mol. The first-order valence-corrected chi connectivity index (χ1v) is 11.6. The maximum Gasteiger partial charge on any atom is 0.312 e. The van der Waals surface area contributed by atoms with Crippen molar-refractivity contribution in [2.45, 2.75) is 38.2 Å². The Hall–Kier alpha value is -2.38. The molecule has 6 nitrogen and oxygen atoms in total. The molecule has 5 atom stereocenters. The van der Waals surface area contributed by atoms with Crippen molar-refractivity contribution < 1.29 is 23.1 Å². The van der Waals surface area contributed by atoms with E-state index in [1.54, 1.807) is 25.1 Å². The van der Waals surface area contributed by atoms with Crippen molar-refractivity contribution in [2.75, 3.05) is 6.61 Å². The third kappa shape index (κ3) is 4.09. The molecule has 3 rings (SSSR count). The third-order valence-electron chi connectivity index (χ3n) is 6.04. The fraction of sp³-hybridized carbons (Fsp3) is 0.435. The van der Waals surface area contributed by atoms with E-state index in [2.05, 4.69) is 13.5 Å². The molecule has 1 heterocycles. The number of aliphatic hydroxyl groups excluding tert-OH is 1. The first-order valence-electron chi connectivity index (χ1n) is 10.2. The number of nitrogens with zero attached hydrogens (tertiary/aromatic N) is 1. The zero-order valence-corrected chi connectivity index (χ0v) is 18.4. The summed E-state index contributed by atoms with van der Waals surface area (Å²) in [6, 6.07) is 9.60. The Morgan fingerprint density at radius 3 is 2.50 bits per heavy atom. The van der Waals surface area contributed by atoms with E-state index in [4.69, 9.17) is 4.74 Å². The second kappa shape index (κ2) is 8.78. The number of aliphatic hydroxyl groups is 1. The number of rotatable bonds is 7. The minimum Gasteiger partial charge on any atom is -0.466 e. The molecule has 30 heavy (non-hydrogen) atoms. The zero-order chi connectivity index (χ0) is 22.1. The molecule has 0 bridgehead atoms. The molecule has 162 valence electrons. The van der Waals surface area contributed by atoms with Crippen molar-refractivity contribution in [3.05, 3.63) is 66.5 Å². The van der Waals surface area contributed by atoms with E-state index >= 15 is 0 Å². The van der Waals surface area contributed by atoms with Gasteiger partial charge in [0, 0.05) is 18.0 Å². The maximum absolute atomic E-state index is 12.9. The molecule has 1 fully saturated rings. The van der Waals surface area contributed by atoms with Gasteiger partial charge in [0.05, 0.1) is 23.5 Å². The lowest BCUT2D eigenvalue weighted by molar-refractivity contribution is -0.155. The van der Waals surface area contributed by atoms with Crippen molar-refractivity contribution in [1.29, 1.82) is 0 Å². The predicted molar refractivity (Wildman–Crippen MR) is 114 cm³/mol. The van der Waals surface area contributed by atoms with Gasteiger partial charge in [0.2, 0.25) is 0 Å². The van der Waals surface area contributed by atoms with E-state index in [0.717, 1.165) is 16.0 Å². The number of allylic oxidation sites excluding steroid dienone is 1. The Balaban J connectivity index is 1.95. The highest BCUT2D eigenvalue weighted by atomic mass is 32.2. The summed E-state index contributed by atoms with van der Waals surface area (Å²) in [5.74, 6) is -1.16. The van der Waals surface area contributed by atoms with Crippen molar-refractivity contribution >= 4 is 16.0 Å². The summed E-state index contributed by atoms with van der Waals surface area (Å²) < 4.78 is 32.0. The van der Waals surface area contributed by atoms with Gasteiger partial charge in [0.25, 0.3) is 10.0 Å². The molecule has 1 saturated carbocycles. The SMILES string of the molecule is C=C1C(C(C(=O)OCC)C(O)c2ccn(S(=O)(=O)c3ccccc3)c2)[C@H](C)C[C@@H]1C. The normalized spacial score (nSPS) is 23.9. The fourth-order valence-corrected chi connectivity index (χ4v) is 5.71. The highest BCUT2D eigenvalue weighted by molar-refractivity contribution is 7.90. The molecule has 0 spiro atoms. The molecule has 2 aromatic rings. The number of esters is 1. The summed E-state index contributed by atoms with van der Waals surface area (Å²) >= 11 is 0. The van der Waals surface area contributed by atoms with Crippen LogP contribution < -0.4 is 0 Å². The summed E-state index contributed by atoms with van der Waals surface area (Å²) in [6.45, 7) is 10.2. The van der Waals surface area contributed by atoms with E-state index in [0.29, 0.717) is 5.56 Å². The molecule has 0 saturated heterocycles. The van der Waals surface area contributed by atoms with Crippen LogP contribution in [0.5, 0.6) is 0 Å². The van der Waals surface area contributed by atoms with Crippen LogP contribution in [0.4, 0.5) is 0 Å². The number of hydrogen-bond donors (Lipinski definition) is 1. The summed E-state index contributed by atoms with van der Waals surface area (Å²) in [4.78, 5) is 13.0. The molecule has 1 aromatic carbocycles. The van der Waals surface area contributed by atoms with Gasteiger partial charge in [0.15, 0.2) is 0 Å². The maximum atomic E-state index is 12.9. The number of carbonyl (C=O) groups excluding carboxylic acids is 1. The number of carbonyl (C=O) groups is 1. The number of aromatic nitrogens is 1. The van der Waals surface area contributed by atoms with Gasteiger partial charge in [-0.05, 0) is 49.3 Å². The average molecular weight is 432 g/mol. The molecule has 1 N–H and O–H groups in total. The van der Waals surface area contributed by atoms with Gasteiger partial charge >= 0.3 is 5.97 Å². The second-order valence-corrected chi connectivity index (χ2v) is 9.87. The van der Waals surface area contributed by atoms with Gasteiger partial charge in [-0.3, -0.25) is 4.79 Å². The first-order chi connectivity index (χ1) is 14.2. The predicted octanol–water partition coefficient (Wildman–Crippen LogP) is 3.79. The minimum absolute atomic E-state index is 0.148. The molecule has 1 aromatic heterocycles. The van der Waals surface area contributed by atoms with Gasteiger partial charge in [-0.2, -0.15) is 0 Å². The molecule has 0 amide bonds. The molecule has 1 aliphatic carbocycles. The van der Waals surface area contributed by atoms with Gasteiger partial charge in [-0.15, -0.1) is 0 Å². The third-order valence-corrected chi connectivity index (χ3v) is 7.69. The molecule has 7 heteroatoms. The molecular formula is C23H29NO5S. The van der Waals surface area contributed by atoms with E-state index in [1.807, 2.05) is 6.92 Å². The number of ether oxygens (including phenoxy) is 1. The van der Waals surface area contributed by atoms with Crippen LogP contribution in [0.15, 0.2) is 65.8 Å².